The number of ether oxygens (including phenoxy) is 3. The van der Waals surface area contributed by atoms with E-state index in [4.69, 9.17) is 18.6 Å². The van der Waals surface area contributed by atoms with E-state index in [2.05, 4.69) is 20.3 Å². The molecule has 4 heterocycles. The fourth-order valence-electron chi connectivity index (χ4n) is 8.08. The van der Waals surface area contributed by atoms with Crippen LogP contribution in [0.3, 0.4) is 0 Å². The van der Waals surface area contributed by atoms with Crippen molar-refractivity contribution in [2.45, 2.75) is 113 Å². The quantitative estimate of drug-likeness (QED) is 0.198. The number of para-hydroxylation sites is 1. The minimum absolute atomic E-state index is 0.0266. The highest BCUT2D eigenvalue weighted by atomic mass is 32.2. The van der Waals surface area contributed by atoms with Gasteiger partial charge in [-0.15, -0.1) is 0 Å². The van der Waals surface area contributed by atoms with Gasteiger partial charge >= 0.3 is 6.09 Å². The average Bonchev–Trinajstić information content (AvgIpc) is 4.08. The third kappa shape index (κ3) is 8.13. The average molecular weight is 834 g/mol. The van der Waals surface area contributed by atoms with E-state index < -0.39 is 80.2 Å². The Morgan fingerprint density at radius 2 is 1.85 bits per heavy atom. The molecule has 2 aliphatic carbocycles. The third-order valence-electron chi connectivity index (χ3n) is 11.4. The molecule has 0 radical (unpaired) electrons. The fourth-order valence-corrected chi connectivity index (χ4v) is 9.45. The number of carbonyl (C=O) groups excluding carboxylic acids is 4. The molecule has 17 heteroatoms. The SMILES string of the molecule is COc1ccc2c(c1)oc1c(O[C@@H]3C[C@H]4C(=O)N[C@]5(C(=O)NS(=O)(=O)C6CC6)C[C@@H]5/C=C\CCCCC[C@H](NC(=O)OC(C)(C)C)C(=O)N4C3)c3cccc(F)c3nc12. The zero-order valence-electron chi connectivity index (χ0n) is 33.3. The van der Waals surface area contributed by atoms with Gasteiger partial charge in [0.05, 0.1) is 18.9 Å². The third-order valence-corrected chi connectivity index (χ3v) is 13.2. The first kappa shape index (κ1) is 40.3. The van der Waals surface area contributed by atoms with Crippen LogP contribution in [0, 0.1) is 11.7 Å². The summed E-state index contributed by atoms with van der Waals surface area (Å²) in [7, 11) is -2.42. The Morgan fingerprint density at radius 1 is 1.05 bits per heavy atom. The number of sulfonamides is 1. The van der Waals surface area contributed by atoms with E-state index in [9.17, 15) is 27.6 Å². The second kappa shape index (κ2) is 15.3. The van der Waals surface area contributed by atoms with Crippen molar-refractivity contribution in [3.63, 3.8) is 0 Å². The van der Waals surface area contributed by atoms with Gasteiger partial charge in [-0.2, -0.15) is 0 Å². The lowest BCUT2D eigenvalue weighted by atomic mass is 10.0. The largest absolute Gasteiger partial charge is 0.497 e. The summed E-state index contributed by atoms with van der Waals surface area (Å²) in [6, 6.07) is 7.29. The van der Waals surface area contributed by atoms with Crippen molar-refractivity contribution in [3.05, 3.63) is 54.4 Å². The fraction of sp³-hybridized carbons (Fsp3) is 0.500. The van der Waals surface area contributed by atoms with E-state index >= 15 is 4.39 Å². The second-order valence-electron chi connectivity index (χ2n) is 16.9. The van der Waals surface area contributed by atoms with E-state index in [1.165, 1.54) is 24.1 Å². The van der Waals surface area contributed by atoms with Gasteiger partial charge in [-0.1, -0.05) is 31.1 Å². The van der Waals surface area contributed by atoms with Gasteiger partial charge in [-0.05, 0) is 83.6 Å². The first-order valence-corrected chi connectivity index (χ1v) is 21.6. The molecule has 3 fully saturated rings. The maximum Gasteiger partial charge on any atom is 0.408 e. The molecule has 1 saturated heterocycles. The van der Waals surface area contributed by atoms with Crippen LogP contribution in [0.15, 0.2) is 53.0 Å². The van der Waals surface area contributed by atoms with Crippen LogP contribution in [-0.2, 0) is 29.1 Å². The summed E-state index contributed by atoms with van der Waals surface area (Å²) in [5.74, 6) is -2.50. The maximum absolute atomic E-state index is 15.4. The minimum atomic E-state index is -3.94. The number of aromatic nitrogens is 1. The van der Waals surface area contributed by atoms with Crippen LogP contribution >= 0.6 is 0 Å². The number of alkyl carbamates (subject to hydrolysis) is 1. The summed E-state index contributed by atoms with van der Waals surface area (Å²) < 4.78 is 67.4. The van der Waals surface area contributed by atoms with Crippen LogP contribution in [0.4, 0.5) is 9.18 Å². The molecular formula is C42H48FN5O10S. The molecule has 15 nitrogen and oxygen atoms in total. The number of hydrogen-bond acceptors (Lipinski definition) is 11. The van der Waals surface area contributed by atoms with Gasteiger partial charge in [0.1, 0.15) is 57.5 Å². The number of hydrogen-bond donors (Lipinski definition) is 3. The lowest BCUT2D eigenvalue weighted by Crippen LogP contribution is -2.58. The van der Waals surface area contributed by atoms with E-state index in [1.807, 2.05) is 12.2 Å². The van der Waals surface area contributed by atoms with Crippen LogP contribution in [0.2, 0.25) is 0 Å². The minimum Gasteiger partial charge on any atom is -0.497 e. The topological polar surface area (TPSA) is 195 Å². The molecule has 2 saturated carbocycles. The van der Waals surface area contributed by atoms with Gasteiger partial charge in [0.2, 0.25) is 21.8 Å². The molecular weight excluding hydrogens is 786 g/mol. The highest BCUT2D eigenvalue weighted by Gasteiger charge is 2.62. The number of allylic oxidation sites excluding steroid dienone is 1. The van der Waals surface area contributed by atoms with Crippen molar-refractivity contribution < 1.29 is 50.6 Å². The number of benzene rings is 2. The molecule has 4 aliphatic rings. The molecule has 0 spiro atoms. The number of nitrogens with one attached hydrogen (secondary N) is 3. The number of halogens is 1. The van der Waals surface area contributed by atoms with Crippen LogP contribution in [-0.4, -0.2) is 90.3 Å². The standard InChI is InChI=1S/C42H48FN5O10S/c1-41(2,3)58-40(52)44-30-14-9-7-5-6-8-11-23-21-42(23,39(51)47-59(53,54)26-16-17-26)46-37(49)31-19-25(22-48(31)38(30)50)56-35-28-12-10-13-29(43)33(28)45-34-27-18-15-24(55-4)20-32(27)57-36(34)35/h8,10-13,15,18,20,23,25-26,30-31H,5-7,9,14,16-17,19,21-22H2,1-4H3,(H,44,52)(H,46,49)(H,47,51)/b11-8-/t23-,25+,30-,31-,42+/m0/s1. The lowest BCUT2D eigenvalue weighted by molar-refractivity contribution is -0.141. The van der Waals surface area contributed by atoms with Crippen molar-refractivity contribution >= 4 is 66.8 Å². The Kier molecular flexibility index (Phi) is 10.5. The van der Waals surface area contributed by atoms with Crippen LogP contribution in [0.1, 0.15) is 78.6 Å². The lowest BCUT2D eigenvalue weighted by Gasteiger charge is -2.30. The highest BCUT2D eigenvalue weighted by Crippen LogP contribution is 2.46. The normalized spacial score (nSPS) is 25.9. The van der Waals surface area contributed by atoms with E-state index in [0.717, 1.165) is 12.8 Å². The van der Waals surface area contributed by atoms with Gasteiger partial charge in [-0.25, -0.2) is 22.6 Å². The Bertz CT molecular complexity index is 2500. The molecule has 2 aromatic heterocycles. The van der Waals surface area contributed by atoms with Crippen LogP contribution < -0.4 is 24.8 Å². The number of nitrogens with zero attached hydrogens (tertiary/aromatic N) is 2. The Morgan fingerprint density at radius 3 is 2.59 bits per heavy atom. The molecule has 2 aromatic carbocycles. The van der Waals surface area contributed by atoms with E-state index in [-0.39, 0.29) is 42.7 Å². The predicted octanol–water partition coefficient (Wildman–Crippen LogP) is 5.53. The number of amides is 4. The summed E-state index contributed by atoms with van der Waals surface area (Å²) >= 11 is 0. The number of rotatable bonds is 7. The second-order valence-corrected chi connectivity index (χ2v) is 18.9. The number of fused-ring (bicyclic) bond motifs is 6. The van der Waals surface area contributed by atoms with Gasteiger partial charge < -0.3 is 34.2 Å². The number of methoxy groups -OCH3 is 1. The summed E-state index contributed by atoms with van der Waals surface area (Å²) in [5.41, 5.74) is -1.43. The molecule has 5 atom stereocenters. The van der Waals surface area contributed by atoms with Crippen molar-refractivity contribution in [1.82, 2.24) is 25.2 Å². The van der Waals surface area contributed by atoms with Crippen molar-refractivity contribution in [1.29, 1.82) is 0 Å². The maximum atomic E-state index is 15.4. The zero-order chi connectivity index (χ0) is 41.9. The highest BCUT2D eigenvalue weighted by molar-refractivity contribution is 7.91. The number of pyridine rings is 1. The van der Waals surface area contributed by atoms with E-state index in [0.29, 0.717) is 53.3 Å². The molecule has 8 rings (SSSR count). The van der Waals surface area contributed by atoms with Gasteiger partial charge in [-0.3, -0.25) is 19.1 Å². The summed E-state index contributed by atoms with van der Waals surface area (Å²) in [5, 5.41) is 5.81. The zero-order valence-corrected chi connectivity index (χ0v) is 34.2. The van der Waals surface area contributed by atoms with Gasteiger partial charge in [0.25, 0.3) is 5.91 Å². The first-order chi connectivity index (χ1) is 28.1. The van der Waals surface area contributed by atoms with Gasteiger partial charge in [0.15, 0.2) is 11.3 Å². The van der Waals surface area contributed by atoms with Gasteiger partial charge in [0, 0.05) is 29.2 Å². The molecule has 0 bridgehead atoms. The molecule has 59 heavy (non-hydrogen) atoms. The van der Waals surface area contributed by atoms with Crippen molar-refractivity contribution in [2.75, 3.05) is 13.7 Å². The Labute approximate surface area is 340 Å². The summed E-state index contributed by atoms with van der Waals surface area (Å²) in [6.07, 6.45) is 6.00. The molecule has 3 N–H and O–H groups in total. The van der Waals surface area contributed by atoms with Crippen LogP contribution in [0.5, 0.6) is 11.5 Å². The number of furan rings is 1. The molecule has 4 amide bonds. The Hall–Kier alpha value is -5.45. The molecule has 0 unspecified atom stereocenters. The summed E-state index contributed by atoms with van der Waals surface area (Å²) in [4.78, 5) is 62.2. The molecule has 4 aromatic rings. The Balaban J connectivity index is 1.17. The monoisotopic (exact) mass is 833 g/mol. The van der Waals surface area contributed by atoms with Crippen molar-refractivity contribution in [3.8, 4) is 11.5 Å². The number of carbonyl (C=O) groups is 4. The molecule has 314 valence electrons. The molecule has 2 aliphatic heterocycles. The smallest absolute Gasteiger partial charge is 0.408 e. The first-order valence-electron chi connectivity index (χ1n) is 20.1. The predicted molar refractivity (Wildman–Crippen MR) is 215 cm³/mol. The van der Waals surface area contributed by atoms with E-state index in [1.54, 1.807) is 45.0 Å². The van der Waals surface area contributed by atoms with Crippen molar-refractivity contribution in [2.24, 2.45) is 5.92 Å². The van der Waals surface area contributed by atoms with Crippen LogP contribution in [0.25, 0.3) is 33.0 Å². The summed E-state index contributed by atoms with van der Waals surface area (Å²) in [6.45, 7) is 4.98.